The largest absolute Gasteiger partial charge is 0.488 e. The molecule has 1 unspecified atom stereocenters. The number of hydrogen-bond acceptors (Lipinski definition) is 2. The van der Waals surface area contributed by atoms with Crippen LogP contribution in [-0.2, 0) is 0 Å². The molecular formula is C14H14I2O2. The summed E-state index contributed by atoms with van der Waals surface area (Å²) >= 11 is 4.38. The van der Waals surface area contributed by atoms with Crippen molar-refractivity contribution in [2.24, 2.45) is 0 Å². The van der Waals surface area contributed by atoms with Gasteiger partial charge in [0.1, 0.15) is 18.5 Å². The Morgan fingerprint density at radius 3 is 2.72 bits per heavy atom. The predicted octanol–water partition coefficient (Wildman–Crippen LogP) is 3.91. The lowest BCUT2D eigenvalue weighted by atomic mass is 10.1. The highest BCUT2D eigenvalue weighted by Gasteiger charge is 2.15. The second-order valence-electron chi connectivity index (χ2n) is 3.97. The normalized spacial score (nSPS) is 11.6. The molecule has 0 fully saturated rings. The first-order chi connectivity index (χ1) is 8.45. The van der Waals surface area contributed by atoms with Crippen LogP contribution < -0.4 is 4.74 Å². The highest BCUT2D eigenvalue weighted by Crippen LogP contribution is 2.32. The van der Waals surface area contributed by atoms with Crippen LogP contribution in [0.2, 0.25) is 0 Å². The number of aliphatic hydroxyl groups is 1. The van der Waals surface area contributed by atoms with E-state index in [1.54, 1.807) is 0 Å². The summed E-state index contributed by atoms with van der Waals surface area (Å²) in [5.41, 5.74) is 1.84. The van der Waals surface area contributed by atoms with E-state index in [4.69, 9.17) is 11.2 Å². The summed E-state index contributed by atoms with van der Waals surface area (Å²) in [5, 5.41) is 9.83. The Kier molecular flexibility index (Phi) is 6.46. The molecule has 0 spiro atoms. The zero-order valence-electron chi connectivity index (χ0n) is 10.2. The van der Waals surface area contributed by atoms with Gasteiger partial charge >= 0.3 is 0 Å². The molecule has 1 atom stereocenters. The second-order valence-corrected chi connectivity index (χ2v) is 6.38. The van der Waals surface area contributed by atoms with Crippen LogP contribution in [0.5, 0.6) is 5.75 Å². The van der Waals surface area contributed by atoms with Gasteiger partial charge in [-0.15, -0.1) is 6.42 Å². The second kappa shape index (κ2) is 7.36. The Morgan fingerprint density at radius 2 is 2.17 bits per heavy atom. The number of ether oxygens (including phenoxy) is 1. The minimum absolute atomic E-state index is 0.475. The van der Waals surface area contributed by atoms with Crippen LogP contribution in [0.3, 0.4) is 0 Å². The lowest BCUT2D eigenvalue weighted by molar-refractivity contribution is 0.229. The van der Waals surface area contributed by atoms with Crippen molar-refractivity contribution in [3.05, 3.63) is 36.5 Å². The van der Waals surface area contributed by atoms with Gasteiger partial charge in [-0.05, 0) is 77.2 Å². The predicted molar refractivity (Wildman–Crippen MR) is 90.6 cm³/mol. The number of halogens is 2. The van der Waals surface area contributed by atoms with E-state index in [2.05, 4.69) is 51.1 Å². The lowest BCUT2D eigenvalue weighted by Gasteiger charge is -2.14. The third-order valence-corrected chi connectivity index (χ3v) is 3.63. The summed E-state index contributed by atoms with van der Waals surface area (Å²) in [6.45, 7) is 4.50. The SMILES string of the molecule is C#CC(O)c1cc(I)cc(I)c1OCC=C(C)C. The van der Waals surface area contributed by atoms with E-state index in [-0.39, 0.29) is 0 Å². The van der Waals surface area contributed by atoms with Crippen molar-refractivity contribution in [3.8, 4) is 18.1 Å². The first kappa shape index (κ1) is 15.8. The first-order valence-electron chi connectivity index (χ1n) is 5.35. The first-order valence-corrected chi connectivity index (χ1v) is 7.50. The zero-order chi connectivity index (χ0) is 13.7. The van der Waals surface area contributed by atoms with Crippen LogP contribution in [0.4, 0.5) is 0 Å². The molecule has 18 heavy (non-hydrogen) atoms. The van der Waals surface area contributed by atoms with Gasteiger partial charge in [-0.25, -0.2) is 0 Å². The van der Waals surface area contributed by atoms with E-state index in [1.165, 1.54) is 5.57 Å². The molecular weight excluding hydrogens is 454 g/mol. The topological polar surface area (TPSA) is 29.5 Å². The summed E-state index contributed by atoms with van der Waals surface area (Å²) in [6.07, 6.45) is 6.33. The summed E-state index contributed by atoms with van der Waals surface area (Å²) in [7, 11) is 0. The number of hydrogen-bond donors (Lipinski definition) is 1. The minimum atomic E-state index is -0.935. The molecule has 1 N–H and O–H groups in total. The maximum Gasteiger partial charge on any atom is 0.143 e. The van der Waals surface area contributed by atoms with Gasteiger partial charge in [0.2, 0.25) is 0 Å². The number of benzene rings is 1. The molecule has 0 aliphatic carbocycles. The van der Waals surface area contributed by atoms with Gasteiger partial charge in [-0.3, -0.25) is 0 Å². The number of allylic oxidation sites excluding steroid dienone is 1. The van der Waals surface area contributed by atoms with Gasteiger partial charge < -0.3 is 9.84 Å². The molecule has 0 saturated heterocycles. The molecule has 0 bridgehead atoms. The summed E-state index contributed by atoms with van der Waals surface area (Å²) < 4.78 is 7.69. The minimum Gasteiger partial charge on any atom is -0.488 e. The Morgan fingerprint density at radius 1 is 1.50 bits per heavy atom. The van der Waals surface area contributed by atoms with Gasteiger partial charge in [-0.1, -0.05) is 11.5 Å². The van der Waals surface area contributed by atoms with E-state index in [0.717, 1.165) is 7.14 Å². The molecule has 1 aromatic rings. The maximum absolute atomic E-state index is 9.83. The zero-order valence-corrected chi connectivity index (χ0v) is 14.5. The molecule has 4 heteroatoms. The number of terminal acetylenes is 1. The summed E-state index contributed by atoms with van der Waals surface area (Å²) in [6, 6.07) is 3.84. The molecule has 96 valence electrons. The van der Waals surface area contributed by atoms with Crippen LogP contribution in [0.25, 0.3) is 0 Å². The molecule has 0 amide bonds. The fourth-order valence-electron chi connectivity index (χ4n) is 1.32. The molecule has 0 saturated carbocycles. The molecule has 0 aromatic heterocycles. The van der Waals surface area contributed by atoms with Crippen molar-refractivity contribution < 1.29 is 9.84 Å². The van der Waals surface area contributed by atoms with Gasteiger partial charge in [0.05, 0.1) is 3.57 Å². The molecule has 0 radical (unpaired) electrons. The van der Waals surface area contributed by atoms with E-state index in [0.29, 0.717) is 17.9 Å². The van der Waals surface area contributed by atoms with Crippen molar-refractivity contribution >= 4 is 45.2 Å². The molecule has 2 nitrogen and oxygen atoms in total. The monoisotopic (exact) mass is 468 g/mol. The molecule has 0 aliphatic heterocycles. The van der Waals surface area contributed by atoms with Crippen LogP contribution in [0.15, 0.2) is 23.8 Å². The molecule has 0 aliphatic rings. The third kappa shape index (κ3) is 4.44. The quantitative estimate of drug-likeness (QED) is 0.413. The van der Waals surface area contributed by atoms with Gasteiger partial charge in [-0.2, -0.15) is 0 Å². The fraction of sp³-hybridized carbons (Fsp3) is 0.286. The van der Waals surface area contributed by atoms with E-state index >= 15 is 0 Å². The van der Waals surface area contributed by atoms with Crippen molar-refractivity contribution in [1.82, 2.24) is 0 Å². The highest BCUT2D eigenvalue weighted by molar-refractivity contribution is 14.1. The fourth-order valence-corrected chi connectivity index (χ4v) is 3.36. The standard InChI is InChI=1S/C14H14I2O2/c1-4-13(17)11-7-10(15)8-12(16)14(11)18-6-5-9(2)3/h1,5,7-8,13,17H,6H2,2-3H3. The Bertz CT molecular complexity index is 497. The van der Waals surface area contributed by atoms with Crippen molar-refractivity contribution in [1.29, 1.82) is 0 Å². The molecule has 1 rings (SSSR count). The Balaban J connectivity index is 3.08. The number of rotatable bonds is 4. The van der Waals surface area contributed by atoms with Crippen LogP contribution in [-0.4, -0.2) is 11.7 Å². The van der Waals surface area contributed by atoms with Gasteiger partial charge in [0.15, 0.2) is 0 Å². The van der Waals surface area contributed by atoms with Crippen molar-refractivity contribution in [2.75, 3.05) is 6.61 Å². The highest BCUT2D eigenvalue weighted by atomic mass is 127. The van der Waals surface area contributed by atoms with Crippen LogP contribution in [0.1, 0.15) is 25.5 Å². The molecule has 0 heterocycles. The van der Waals surface area contributed by atoms with Crippen LogP contribution in [0, 0.1) is 19.5 Å². The average Bonchev–Trinajstić information content (AvgIpc) is 2.30. The molecule has 1 aromatic carbocycles. The van der Waals surface area contributed by atoms with Crippen LogP contribution >= 0.6 is 45.2 Å². The van der Waals surface area contributed by atoms with Crippen molar-refractivity contribution in [3.63, 3.8) is 0 Å². The van der Waals surface area contributed by atoms with Gasteiger partial charge in [0.25, 0.3) is 0 Å². The van der Waals surface area contributed by atoms with E-state index in [1.807, 2.05) is 32.1 Å². The Hall–Kier alpha value is -0.260. The third-order valence-electron chi connectivity index (χ3n) is 2.21. The van der Waals surface area contributed by atoms with Gasteiger partial charge in [0, 0.05) is 9.13 Å². The average molecular weight is 468 g/mol. The lowest BCUT2D eigenvalue weighted by Crippen LogP contribution is -2.04. The van der Waals surface area contributed by atoms with E-state index < -0.39 is 6.10 Å². The Labute approximate surface area is 135 Å². The smallest absolute Gasteiger partial charge is 0.143 e. The summed E-state index contributed by atoms with van der Waals surface area (Å²) in [4.78, 5) is 0. The van der Waals surface area contributed by atoms with Crippen molar-refractivity contribution in [2.45, 2.75) is 20.0 Å². The summed E-state index contributed by atoms with van der Waals surface area (Å²) in [5.74, 6) is 2.99. The maximum atomic E-state index is 9.83. The number of aliphatic hydroxyl groups excluding tert-OH is 1. The van der Waals surface area contributed by atoms with E-state index in [9.17, 15) is 5.11 Å².